The highest BCUT2D eigenvalue weighted by Gasteiger charge is 2.49. The van der Waals surface area contributed by atoms with E-state index in [2.05, 4.69) is 20.2 Å². The van der Waals surface area contributed by atoms with Crippen LogP contribution >= 0.6 is 0 Å². The highest BCUT2D eigenvalue weighted by Crippen LogP contribution is 2.51. The minimum absolute atomic E-state index is 0.0212. The van der Waals surface area contributed by atoms with E-state index in [-0.39, 0.29) is 18.3 Å². The average molecular weight is 433 g/mol. The first-order valence-corrected chi connectivity index (χ1v) is 11.0. The van der Waals surface area contributed by atoms with E-state index in [9.17, 15) is 4.79 Å². The lowest BCUT2D eigenvalue weighted by Crippen LogP contribution is -2.60. The Morgan fingerprint density at radius 1 is 1.19 bits per heavy atom. The fourth-order valence-electron chi connectivity index (χ4n) is 5.24. The third-order valence-electron chi connectivity index (χ3n) is 6.93. The van der Waals surface area contributed by atoms with Crippen LogP contribution in [0.5, 0.6) is 0 Å². The summed E-state index contributed by atoms with van der Waals surface area (Å²) in [5.74, 6) is -0.643. The van der Waals surface area contributed by atoms with Crippen molar-refractivity contribution in [1.82, 2.24) is 24.9 Å². The summed E-state index contributed by atoms with van der Waals surface area (Å²) in [7, 11) is 0. The van der Waals surface area contributed by atoms with Crippen molar-refractivity contribution in [2.45, 2.75) is 32.4 Å². The minimum atomic E-state index is -0.348. The van der Waals surface area contributed by atoms with Crippen LogP contribution in [-0.2, 0) is 16.1 Å². The van der Waals surface area contributed by atoms with E-state index in [1.165, 1.54) is 0 Å². The predicted molar refractivity (Wildman–Crippen MR) is 119 cm³/mol. The first-order chi connectivity index (χ1) is 15.6. The van der Waals surface area contributed by atoms with Gasteiger partial charge in [0, 0.05) is 29.4 Å². The fourth-order valence-corrected chi connectivity index (χ4v) is 5.24. The highest BCUT2D eigenvalue weighted by atomic mass is 19.1. The number of halogens is 1. The second kappa shape index (κ2) is 7.13. The second-order valence-electron chi connectivity index (χ2n) is 8.99. The van der Waals surface area contributed by atoms with E-state index in [1.54, 1.807) is 30.1 Å². The highest BCUT2D eigenvalue weighted by molar-refractivity contribution is 5.97. The molecule has 0 bridgehead atoms. The molecule has 2 fully saturated rings. The molecular formula is C24H24FN5O2. The molecule has 164 valence electrons. The van der Waals surface area contributed by atoms with Gasteiger partial charge in [-0.15, -0.1) is 0 Å². The van der Waals surface area contributed by atoms with E-state index in [0.717, 1.165) is 53.3 Å². The molecule has 6 rings (SSSR count). The van der Waals surface area contributed by atoms with Crippen LogP contribution in [0.15, 0.2) is 42.7 Å². The van der Waals surface area contributed by atoms with Crippen molar-refractivity contribution in [2.24, 2.45) is 5.41 Å². The van der Waals surface area contributed by atoms with Crippen molar-refractivity contribution in [3.63, 3.8) is 0 Å². The number of carbonyl (C=O) groups is 1. The standard InChI is InChI=1S/C24H24FN5O2/c1-2-32-23(31)12-29-21-5-3-4-17(19(21)11-27-29)18-7-22-15(6-20(18)25)10-28-30(22)16-8-24(9-16)13-26-14-24/h3-7,10-11,16,26H,2,8-9,12-14H2,1H3. The number of benzene rings is 2. The van der Waals surface area contributed by atoms with Crippen molar-refractivity contribution in [3.8, 4) is 11.1 Å². The summed E-state index contributed by atoms with van der Waals surface area (Å²) in [6.07, 6.45) is 5.66. The van der Waals surface area contributed by atoms with E-state index in [1.807, 2.05) is 24.3 Å². The van der Waals surface area contributed by atoms with Gasteiger partial charge in [-0.1, -0.05) is 12.1 Å². The minimum Gasteiger partial charge on any atom is -0.465 e. The zero-order valence-electron chi connectivity index (χ0n) is 17.8. The normalized spacial score (nSPS) is 17.6. The van der Waals surface area contributed by atoms with Gasteiger partial charge < -0.3 is 10.1 Å². The van der Waals surface area contributed by atoms with Gasteiger partial charge in [0.1, 0.15) is 12.4 Å². The van der Waals surface area contributed by atoms with Crippen LogP contribution in [0.2, 0.25) is 0 Å². The predicted octanol–water partition coefficient (Wildman–Crippen LogP) is 3.68. The average Bonchev–Trinajstić information content (AvgIpc) is 3.30. The van der Waals surface area contributed by atoms with Crippen molar-refractivity contribution in [2.75, 3.05) is 19.7 Å². The third kappa shape index (κ3) is 2.93. The molecule has 1 saturated heterocycles. The molecule has 0 amide bonds. The summed E-state index contributed by atoms with van der Waals surface area (Å²) in [5.41, 5.74) is 3.41. The van der Waals surface area contributed by atoms with Gasteiger partial charge in [0.05, 0.1) is 36.1 Å². The molecule has 8 heteroatoms. The number of ether oxygens (including phenoxy) is 1. The molecule has 1 N–H and O–H groups in total. The third-order valence-corrected chi connectivity index (χ3v) is 6.93. The molecule has 0 radical (unpaired) electrons. The molecule has 3 heterocycles. The lowest BCUT2D eigenvalue weighted by atomic mass is 9.62. The zero-order chi connectivity index (χ0) is 21.9. The second-order valence-corrected chi connectivity index (χ2v) is 8.99. The molecule has 1 aliphatic carbocycles. The van der Waals surface area contributed by atoms with Crippen LogP contribution in [-0.4, -0.2) is 45.2 Å². The largest absolute Gasteiger partial charge is 0.465 e. The molecule has 2 aromatic carbocycles. The number of fused-ring (bicyclic) bond motifs is 2. The van der Waals surface area contributed by atoms with Crippen LogP contribution in [0.25, 0.3) is 32.9 Å². The summed E-state index contributed by atoms with van der Waals surface area (Å²) in [4.78, 5) is 11.9. The molecule has 2 aromatic heterocycles. The lowest BCUT2D eigenvalue weighted by molar-refractivity contribution is -0.143. The first-order valence-electron chi connectivity index (χ1n) is 11.0. The molecule has 0 unspecified atom stereocenters. The van der Waals surface area contributed by atoms with E-state index < -0.39 is 0 Å². The SMILES string of the molecule is CCOC(=O)Cn1ncc2c(-c3cc4c(cnn4C4CC5(CNC5)C4)cc3F)cccc21. The van der Waals surface area contributed by atoms with Gasteiger partial charge in [-0.2, -0.15) is 10.2 Å². The number of hydrogen-bond acceptors (Lipinski definition) is 5. The summed E-state index contributed by atoms with van der Waals surface area (Å²) < 4.78 is 23.9. The van der Waals surface area contributed by atoms with Crippen molar-refractivity contribution < 1.29 is 13.9 Å². The molecule has 32 heavy (non-hydrogen) atoms. The maximum atomic E-state index is 15.2. The monoisotopic (exact) mass is 433 g/mol. The molecule has 4 aromatic rings. The summed E-state index contributed by atoms with van der Waals surface area (Å²) in [5, 5.41) is 13.9. The number of hydrogen-bond donors (Lipinski definition) is 1. The number of esters is 1. The lowest BCUT2D eigenvalue weighted by Gasteiger charge is -2.54. The summed E-state index contributed by atoms with van der Waals surface area (Å²) in [6, 6.07) is 9.46. The van der Waals surface area contributed by atoms with Gasteiger partial charge >= 0.3 is 5.97 Å². The van der Waals surface area contributed by atoms with Gasteiger partial charge in [-0.05, 0) is 48.9 Å². The van der Waals surface area contributed by atoms with Crippen LogP contribution < -0.4 is 5.32 Å². The van der Waals surface area contributed by atoms with Gasteiger partial charge in [-0.3, -0.25) is 14.2 Å². The molecule has 1 saturated carbocycles. The smallest absolute Gasteiger partial charge is 0.327 e. The number of nitrogens with one attached hydrogen (secondary N) is 1. The Hall–Kier alpha value is -3.26. The quantitative estimate of drug-likeness (QED) is 0.486. The van der Waals surface area contributed by atoms with Crippen LogP contribution in [0.1, 0.15) is 25.8 Å². The Morgan fingerprint density at radius 3 is 2.78 bits per heavy atom. The number of rotatable bonds is 5. The molecule has 7 nitrogen and oxygen atoms in total. The van der Waals surface area contributed by atoms with E-state index in [0.29, 0.717) is 23.6 Å². The van der Waals surface area contributed by atoms with Gasteiger partial charge in [0.2, 0.25) is 0 Å². The molecule has 1 aliphatic heterocycles. The molecular weight excluding hydrogens is 409 g/mol. The van der Waals surface area contributed by atoms with E-state index >= 15 is 4.39 Å². The number of nitrogens with zero attached hydrogens (tertiary/aromatic N) is 4. The van der Waals surface area contributed by atoms with Crippen LogP contribution in [0, 0.1) is 11.2 Å². The Morgan fingerprint density at radius 2 is 2.03 bits per heavy atom. The van der Waals surface area contributed by atoms with Gasteiger partial charge in [-0.25, -0.2) is 4.39 Å². The van der Waals surface area contributed by atoms with Crippen molar-refractivity contribution >= 4 is 27.8 Å². The maximum absolute atomic E-state index is 15.2. The molecule has 2 aliphatic rings. The Balaban J connectivity index is 1.40. The van der Waals surface area contributed by atoms with Crippen LogP contribution in [0.3, 0.4) is 0 Å². The number of carbonyl (C=O) groups excluding carboxylic acids is 1. The van der Waals surface area contributed by atoms with Crippen LogP contribution in [0.4, 0.5) is 4.39 Å². The zero-order valence-corrected chi connectivity index (χ0v) is 17.8. The Kier molecular flexibility index (Phi) is 4.33. The van der Waals surface area contributed by atoms with Gasteiger partial charge in [0.25, 0.3) is 0 Å². The molecule has 1 spiro atoms. The summed E-state index contributed by atoms with van der Waals surface area (Å²) >= 11 is 0. The Labute approximate surface area is 184 Å². The molecule has 0 atom stereocenters. The summed E-state index contributed by atoms with van der Waals surface area (Å²) in [6.45, 7) is 4.28. The van der Waals surface area contributed by atoms with Crippen molar-refractivity contribution in [3.05, 3.63) is 48.5 Å². The fraction of sp³-hybridized carbons (Fsp3) is 0.375. The topological polar surface area (TPSA) is 74.0 Å². The first kappa shape index (κ1) is 19.4. The number of aromatic nitrogens is 4. The Bertz CT molecular complexity index is 1350. The van der Waals surface area contributed by atoms with E-state index in [4.69, 9.17) is 4.74 Å². The van der Waals surface area contributed by atoms with Crippen molar-refractivity contribution in [1.29, 1.82) is 0 Å². The van der Waals surface area contributed by atoms with Gasteiger partial charge in [0.15, 0.2) is 0 Å². The maximum Gasteiger partial charge on any atom is 0.327 e.